The van der Waals surface area contributed by atoms with Gasteiger partial charge in [-0.3, -0.25) is 8.98 Å². The van der Waals surface area contributed by atoms with Crippen molar-refractivity contribution < 1.29 is 26.9 Å². The molecule has 1 unspecified atom stereocenters. The van der Waals surface area contributed by atoms with Gasteiger partial charge in [-0.25, -0.2) is 4.39 Å². The minimum atomic E-state index is -3.77. The van der Waals surface area contributed by atoms with E-state index in [0.29, 0.717) is 12.8 Å². The van der Waals surface area contributed by atoms with Gasteiger partial charge < -0.3 is 5.11 Å². The first-order valence-electron chi connectivity index (χ1n) is 7.13. The van der Waals surface area contributed by atoms with Crippen LogP contribution in [0.1, 0.15) is 37.7 Å². The van der Waals surface area contributed by atoms with E-state index in [-0.39, 0.29) is 30.8 Å². The molecule has 0 saturated heterocycles. The average molecular weight is 332 g/mol. The average Bonchev–Trinajstić information content (AvgIpc) is 2.45. The third-order valence-corrected chi connectivity index (χ3v) is 4.46. The highest BCUT2D eigenvalue weighted by Crippen LogP contribution is 2.15. The SMILES string of the molecule is Cc1ccc(S(=O)(=O)OCCCCC(F)CCC(=O)O)cc1. The lowest BCUT2D eigenvalue weighted by Gasteiger charge is -2.08. The smallest absolute Gasteiger partial charge is 0.303 e. The van der Waals surface area contributed by atoms with Gasteiger partial charge in [-0.1, -0.05) is 17.7 Å². The number of halogens is 1. The van der Waals surface area contributed by atoms with Crippen molar-refractivity contribution in [2.75, 3.05) is 6.61 Å². The van der Waals surface area contributed by atoms with Crippen LogP contribution in [0.3, 0.4) is 0 Å². The first-order chi connectivity index (χ1) is 10.3. The van der Waals surface area contributed by atoms with Crippen LogP contribution in [-0.2, 0) is 19.1 Å². The fourth-order valence-corrected chi connectivity index (χ4v) is 2.78. The number of hydrogen-bond acceptors (Lipinski definition) is 4. The molecule has 0 amide bonds. The van der Waals surface area contributed by atoms with Crippen LogP contribution < -0.4 is 0 Å². The van der Waals surface area contributed by atoms with Crippen molar-refractivity contribution >= 4 is 16.1 Å². The Bertz CT molecular complexity index is 568. The van der Waals surface area contributed by atoms with Gasteiger partial charge in [-0.15, -0.1) is 0 Å². The molecule has 7 heteroatoms. The summed E-state index contributed by atoms with van der Waals surface area (Å²) in [6.07, 6.45) is -0.328. The molecule has 1 rings (SSSR count). The molecule has 0 heterocycles. The molecule has 5 nitrogen and oxygen atoms in total. The maximum atomic E-state index is 13.3. The minimum Gasteiger partial charge on any atom is -0.481 e. The number of hydrogen-bond donors (Lipinski definition) is 1. The quantitative estimate of drug-likeness (QED) is 0.526. The number of alkyl halides is 1. The molecule has 0 radical (unpaired) electrons. The Morgan fingerprint density at radius 3 is 2.45 bits per heavy atom. The Labute approximate surface area is 130 Å². The van der Waals surface area contributed by atoms with Gasteiger partial charge in [0.05, 0.1) is 11.5 Å². The Kier molecular flexibility index (Phi) is 7.47. The van der Waals surface area contributed by atoms with Crippen molar-refractivity contribution in [3.05, 3.63) is 29.8 Å². The summed E-state index contributed by atoms with van der Waals surface area (Å²) in [4.78, 5) is 10.4. The van der Waals surface area contributed by atoms with E-state index >= 15 is 0 Å². The van der Waals surface area contributed by atoms with E-state index in [1.165, 1.54) is 12.1 Å². The zero-order chi connectivity index (χ0) is 16.6. The van der Waals surface area contributed by atoms with Crippen molar-refractivity contribution in [1.29, 1.82) is 0 Å². The van der Waals surface area contributed by atoms with Gasteiger partial charge in [0.25, 0.3) is 10.1 Å². The predicted molar refractivity (Wildman–Crippen MR) is 79.9 cm³/mol. The third-order valence-electron chi connectivity index (χ3n) is 3.13. The fraction of sp³-hybridized carbons (Fsp3) is 0.533. The number of carboxylic acids is 1. The summed E-state index contributed by atoms with van der Waals surface area (Å²) in [7, 11) is -3.77. The third kappa shape index (κ3) is 7.00. The first-order valence-corrected chi connectivity index (χ1v) is 8.54. The normalized spacial score (nSPS) is 13.0. The highest BCUT2D eigenvalue weighted by Gasteiger charge is 2.15. The summed E-state index contributed by atoms with van der Waals surface area (Å²) >= 11 is 0. The molecule has 0 aliphatic carbocycles. The van der Waals surface area contributed by atoms with E-state index in [0.717, 1.165) is 5.56 Å². The second-order valence-electron chi connectivity index (χ2n) is 5.11. The molecule has 1 N–H and O–H groups in total. The Morgan fingerprint density at radius 1 is 1.23 bits per heavy atom. The van der Waals surface area contributed by atoms with E-state index < -0.39 is 22.3 Å². The van der Waals surface area contributed by atoms with Crippen molar-refractivity contribution in [3.63, 3.8) is 0 Å². The van der Waals surface area contributed by atoms with Crippen molar-refractivity contribution in [2.24, 2.45) is 0 Å². The monoisotopic (exact) mass is 332 g/mol. The van der Waals surface area contributed by atoms with Crippen LogP contribution in [-0.4, -0.2) is 32.3 Å². The van der Waals surface area contributed by atoms with Crippen LogP contribution in [0.5, 0.6) is 0 Å². The first kappa shape index (κ1) is 18.6. The molecule has 0 aliphatic rings. The summed E-state index contributed by atoms with van der Waals surface area (Å²) in [6, 6.07) is 6.33. The van der Waals surface area contributed by atoms with Crippen LogP contribution in [0.2, 0.25) is 0 Å². The van der Waals surface area contributed by atoms with Crippen LogP contribution in [0, 0.1) is 6.92 Å². The van der Waals surface area contributed by atoms with Gasteiger partial charge >= 0.3 is 5.97 Å². The molecule has 0 bridgehead atoms. The Morgan fingerprint density at radius 2 is 1.86 bits per heavy atom. The zero-order valence-electron chi connectivity index (χ0n) is 12.5. The summed E-state index contributed by atoms with van der Waals surface area (Å²) in [5.41, 5.74) is 0.953. The summed E-state index contributed by atoms with van der Waals surface area (Å²) in [5.74, 6) is -1.02. The van der Waals surface area contributed by atoms with Gasteiger partial charge in [0.15, 0.2) is 0 Å². The number of unbranched alkanes of at least 4 members (excludes halogenated alkanes) is 1. The van der Waals surface area contributed by atoms with Crippen LogP contribution >= 0.6 is 0 Å². The number of aryl methyl sites for hydroxylation is 1. The molecule has 0 saturated carbocycles. The van der Waals surface area contributed by atoms with Gasteiger partial charge in [-0.2, -0.15) is 8.42 Å². The lowest BCUT2D eigenvalue weighted by molar-refractivity contribution is -0.137. The van der Waals surface area contributed by atoms with Crippen molar-refractivity contribution in [1.82, 2.24) is 0 Å². The zero-order valence-corrected chi connectivity index (χ0v) is 13.3. The van der Waals surface area contributed by atoms with Crippen molar-refractivity contribution in [3.8, 4) is 0 Å². The molecule has 0 aliphatic heterocycles. The van der Waals surface area contributed by atoms with Gasteiger partial charge in [0.1, 0.15) is 6.17 Å². The highest BCUT2D eigenvalue weighted by molar-refractivity contribution is 7.86. The van der Waals surface area contributed by atoms with Crippen LogP contribution in [0.4, 0.5) is 4.39 Å². The van der Waals surface area contributed by atoms with Crippen LogP contribution in [0.15, 0.2) is 29.2 Å². The molecule has 1 aromatic rings. The van der Waals surface area contributed by atoms with Gasteiger partial charge in [0, 0.05) is 6.42 Å². The highest BCUT2D eigenvalue weighted by atomic mass is 32.2. The molecule has 1 aromatic carbocycles. The minimum absolute atomic E-state index is 0.0120. The Hall–Kier alpha value is -1.47. The number of aliphatic carboxylic acids is 1. The van der Waals surface area contributed by atoms with E-state index in [4.69, 9.17) is 9.29 Å². The lowest BCUT2D eigenvalue weighted by atomic mass is 10.1. The molecule has 0 fully saturated rings. The predicted octanol–water partition coefficient (Wildman–Crippen LogP) is 3.07. The standard InChI is InChI=1S/C15H21FO5S/c1-12-5-8-14(9-6-12)22(19,20)21-11-3-2-4-13(16)7-10-15(17)18/h5-6,8-9,13H,2-4,7,10-11H2,1H3,(H,17,18). The van der Waals surface area contributed by atoms with Crippen molar-refractivity contribution in [2.45, 2.75) is 50.1 Å². The van der Waals surface area contributed by atoms with E-state index in [9.17, 15) is 17.6 Å². The van der Waals surface area contributed by atoms with Crippen LogP contribution in [0.25, 0.3) is 0 Å². The fourth-order valence-electron chi connectivity index (χ4n) is 1.83. The topological polar surface area (TPSA) is 80.7 Å². The largest absolute Gasteiger partial charge is 0.481 e. The number of carbonyl (C=O) groups is 1. The maximum Gasteiger partial charge on any atom is 0.303 e. The number of carboxylic acid groups (broad SMARTS) is 1. The molecule has 124 valence electrons. The summed E-state index contributed by atoms with van der Waals surface area (Å²) < 4.78 is 41.9. The number of rotatable bonds is 10. The molecule has 0 aromatic heterocycles. The van der Waals surface area contributed by atoms with Gasteiger partial charge in [-0.05, 0) is 44.7 Å². The Balaban J connectivity index is 2.26. The molecule has 22 heavy (non-hydrogen) atoms. The molecular weight excluding hydrogens is 311 g/mol. The maximum absolute atomic E-state index is 13.3. The second-order valence-corrected chi connectivity index (χ2v) is 6.73. The molecular formula is C15H21FO5S. The van der Waals surface area contributed by atoms with E-state index in [1.54, 1.807) is 12.1 Å². The lowest BCUT2D eigenvalue weighted by Crippen LogP contribution is -2.09. The summed E-state index contributed by atoms with van der Waals surface area (Å²) in [6.45, 7) is 1.84. The summed E-state index contributed by atoms with van der Waals surface area (Å²) in [5, 5.41) is 8.43. The van der Waals surface area contributed by atoms with E-state index in [2.05, 4.69) is 0 Å². The van der Waals surface area contributed by atoms with E-state index in [1.807, 2.05) is 6.92 Å². The molecule has 0 spiro atoms. The molecule has 1 atom stereocenters. The second kappa shape index (κ2) is 8.85. The van der Waals surface area contributed by atoms with Gasteiger partial charge in [0.2, 0.25) is 0 Å². The number of benzene rings is 1.